The number of likely N-dealkylation sites (tertiary alicyclic amines) is 1. The lowest BCUT2D eigenvalue weighted by molar-refractivity contribution is 0.0160. The second kappa shape index (κ2) is 7.43. The molecule has 1 fully saturated rings. The number of carbonyl (C=O) groups is 1. The van der Waals surface area contributed by atoms with E-state index < -0.39 is 0 Å². The average molecular weight is 361 g/mol. The lowest BCUT2D eigenvalue weighted by Crippen LogP contribution is -2.41. The molecule has 0 aromatic heterocycles. The molecule has 0 atom stereocenters. The Labute approximate surface area is 133 Å². The molecule has 0 unspecified atom stereocenters. The molecule has 0 radical (unpaired) electrons. The number of rotatable bonds is 4. The van der Waals surface area contributed by atoms with Crippen LogP contribution in [0.4, 0.5) is 0 Å². The van der Waals surface area contributed by atoms with Gasteiger partial charge >= 0.3 is 0 Å². The Balaban J connectivity index is 1.94. The highest BCUT2D eigenvalue weighted by Gasteiger charge is 2.24. The van der Waals surface area contributed by atoms with Crippen molar-refractivity contribution in [2.24, 2.45) is 0 Å². The average Bonchev–Trinajstić information content (AvgIpc) is 2.45. The van der Waals surface area contributed by atoms with Crippen LogP contribution in [0.3, 0.4) is 0 Å². The number of benzene rings is 1. The molecule has 110 valence electrons. The van der Waals surface area contributed by atoms with Gasteiger partial charge in [-0.15, -0.1) is 0 Å². The number of halogens is 2. The van der Waals surface area contributed by atoms with E-state index in [1.54, 1.807) is 6.07 Å². The van der Waals surface area contributed by atoms with Crippen LogP contribution in [-0.4, -0.2) is 41.9 Å². The van der Waals surface area contributed by atoms with Gasteiger partial charge in [-0.2, -0.15) is 0 Å². The maximum absolute atomic E-state index is 12.5. The summed E-state index contributed by atoms with van der Waals surface area (Å²) >= 11 is 9.29. The van der Waals surface area contributed by atoms with Crippen LogP contribution < -0.4 is 0 Å². The number of carbonyl (C=O) groups excluding carboxylic acids is 1. The minimum atomic E-state index is 0.0955. The van der Waals surface area contributed by atoms with E-state index in [4.69, 9.17) is 16.3 Å². The molecule has 1 aliphatic heterocycles. The van der Waals surface area contributed by atoms with E-state index in [0.29, 0.717) is 5.02 Å². The van der Waals surface area contributed by atoms with Crippen molar-refractivity contribution in [1.82, 2.24) is 4.90 Å². The fourth-order valence-corrected chi connectivity index (χ4v) is 2.89. The molecule has 0 N–H and O–H groups in total. The molecular weight excluding hydrogens is 342 g/mol. The van der Waals surface area contributed by atoms with Gasteiger partial charge < -0.3 is 9.64 Å². The summed E-state index contributed by atoms with van der Waals surface area (Å²) in [5, 5.41) is 1.52. The fraction of sp³-hybridized carbons (Fsp3) is 0.533. The summed E-state index contributed by atoms with van der Waals surface area (Å²) in [6.07, 6.45) is 2.10. The standard InChI is InChI=1S/C15H19BrClNO2/c1-11-10-12(17)2-3-14(11)15(19)18-7-4-13(5-8-18)20-9-6-16/h2-3,10,13H,4-9H2,1H3. The van der Waals surface area contributed by atoms with Crippen LogP contribution in [0.1, 0.15) is 28.8 Å². The summed E-state index contributed by atoms with van der Waals surface area (Å²) in [5.41, 5.74) is 1.68. The van der Waals surface area contributed by atoms with Gasteiger partial charge in [-0.1, -0.05) is 27.5 Å². The predicted octanol–water partition coefficient (Wildman–Crippen LogP) is 3.66. The molecule has 0 bridgehead atoms. The number of nitrogens with zero attached hydrogens (tertiary/aromatic N) is 1. The van der Waals surface area contributed by atoms with Crippen LogP contribution in [0, 0.1) is 6.92 Å². The molecule has 1 aromatic carbocycles. The molecule has 1 heterocycles. The Morgan fingerprint density at radius 2 is 2.15 bits per heavy atom. The van der Waals surface area contributed by atoms with Crippen LogP contribution in [0.15, 0.2) is 18.2 Å². The lowest BCUT2D eigenvalue weighted by atomic mass is 10.0. The fourth-order valence-electron chi connectivity index (χ4n) is 2.47. The van der Waals surface area contributed by atoms with Crippen molar-refractivity contribution in [3.63, 3.8) is 0 Å². The first kappa shape index (κ1) is 15.8. The first-order chi connectivity index (χ1) is 9.61. The van der Waals surface area contributed by atoms with Crippen LogP contribution in [0.2, 0.25) is 5.02 Å². The van der Waals surface area contributed by atoms with Gasteiger partial charge in [0.2, 0.25) is 0 Å². The minimum absolute atomic E-state index is 0.0955. The number of hydrogen-bond donors (Lipinski definition) is 0. The Hall–Kier alpha value is -0.580. The van der Waals surface area contributed by atoms with E-state index in [1.807, 2.05) is 24.0 Å². The zero-order chi connectivity index (χ0) is 14.5. The van der Waals surface area contributed by atoms with E-state index >= 15 is 0 Å². The molecule has 3 nitrogen and oxygen atoms in total. The maximum Gasteiger partial charge on any atom is 0.254 e. The Bertz CT molecular complexity index is 473. The van der Waals surface area contributed by atoms with E-state index in [1.165, 1.54) is 0 Å². The summed E-state index contributed by atoms with van der Waals surface area (Å²) in [4.78, 5) is 14.4. The van der Waals surface area contributed by atoms with Gasteiger partial charge in [-0.05, 0) is 43.5 Å². The van der Waals surface area contributed by atoms with Crippen molar-refractivity contribution in [1.29, 1.82) is 0 Å². The highest BCUT2D eigenvalue weighted by molar-refractivity contribution is 9.09. The Morgan fingerprint density at radius 1 is 1.45 bits per heavy atom. The molecule has 0 saturated carbocycles. The summed E-state index contributed by atoms with van der Waals surface area (Å²) in [6, 6.07) is 5.42. The molecule has 5 heteroatoms. The van der Waals surface area contributed by atoms with Gasteiger partial charge in [0, 0.05) is 29.0 Å². The van der Waals surface area contributed by atoms with Crippen LogP contribution in [-0.2, 0) is 4.74 Å². The van der Waals surface area contributed by atoms with E-state index in [2.05, 4.69) is 15.9 Å². The lowest BCUT2D eigenvalue weighted by Gasteiger charge is -2.32. The number of piperidine rings is 1. The highest BCUT2D eigenvalue weighted by atomic mass is 79.9. The van der Waals surface area contributed by atoms with Crippen molar-refractivity contribution in [3.05, 3.63) is 34.3 Å². The summed E-state index contributed by atoms with van der Waals surface area (Å²) in [5.74, 6) is 0.0955. The number of amides is 1. The summed E-state index contributed by atoms with van der Waals surface area (Å²) in [6.45, 7) is 4.17. The zero-order valence-electron chi connectivity index (χ0n) is 11.6. The molecule has 1 saturated heterocycles. The minimum Gasteiger partial charge on any atom is -0.377 e. The smallest absolute Gasteiger partial charge is 0.254 e. The maximum atomic E-state index is 12.5. The first-order valence-electron chi connectivity index (χ1n) is 6.85. The predicted molar refractivity (Wildman–Crippen MR) is 84.9 cm³/mol. The number of aryl methyl sites for hydroxylation is 1. The summed E-state index contributed by atoms with van der Waals surface area (Å²) < 4.78 is 5.70. The molecule has 0 spiro atoms. The van der Waals surface area contributed by atoms with E-state index in [-0.39, 0.29) is 12.0 Å². The van der Waals surface area contributed by atoms with E-state index in [0.717, 1.165) is 49.0 Å². The van der Waals surface area contributed by atoms with Crippen molar-refractivity contribution >= 4 is 33.4 Å². The van der Waals surface area contributed by atoms with Crippen molar-refractivity contribution in [2.75, 3.05) is 25.0 Å². The third-order valence-corrected chi connectivity index (χ3v) is 4.14. The molecule has 2 rings (SSSR count). The Morgan fingerprint density at radius 3 is 2.75 bits per heavy atom. The second-order valence-corrected chi connectivity index (χ2v) is 6.24. The van der Waals surface area contributed by atoms with Gasteiger partial charge in [0.15, 0.2) is 0 Å². The van der Waals surface area contributed by atoms with Gasteiger partial charge in [0.1, 0.15) is 0 Å². The second-order valence-electron chi connectivity index (χ2n) is 5.01. The largest absolute Gasteiger partial charge is 0.377 e. The molecule has 1 amide bonds. The first-order valence-corrected chi connectivity index (χ1v) is 8.34. The molecule has 0 aliphatic carbocycles. The van der Waals surface area contributed by atoms with Gasteiger partial charge in [0.25, 0.3) is 5.91 Å². The normalized spacial score (nSPS) is 16.4. The van der Waals surface area contributed by atoms with Crippen LogP contribution >= 0.6 is 27.5 Å². The molecule has 1 aromatic rings. The topological polar surface area (TPSA) is 29.5 Å². The van der Waals surface area contributed by atoms with Gasteiger partial charge in [-0.3, -0.25) is 4.79 Å². The van der Waals surface area contributed by atoms with Crippen LogP contribution in [0.25, 0.3) is 0 Å². The van der Waals surface area contributed by atoms with E-state index in [9.17, 15) is 4.79 Å². The summed E-state index contributed by atoms with van der Waals surface area (Å²) in [7, 11) is 0. The van der Waals surface area contributed by atoms with Crippen LogP contribution in [0.5, 0.6) is 0 Å². The number of hydrogen-bond acceptors (Lipinski definition) is 2. The zero-order valence-corrected chi connectivity index (χ0v) is 13.9. The van der Waals surface area contributed by atoms with Gasteiger partial charge in [0.05, 0.1) is 12.7 Å². The third-order valence-electron chi connectivity index (χ3n) is 3.58. The number of ether oxygens (including phenoxy) is 1. The van der Waals surface area contributed by atoms with Crippen molar-refractivity contribution in [2.45, 2.75) is 25.9 Å². The Kier molecular flexibility index (Phi) is 5.87. The number of alkyl halides is 1. The molecule has 1 aliphatic rings. The van der Waals surface area contributed by atoms with Crippen molar-refractivity contribution in [3.8, 4) is 0 Å². The monoisotopic (exact) mass is 359 g/mol. The van der Waals surface area contributed by atoms with Gasteiger partial charge in [-0.25, -0.2) is 0 Å². The third kappa shape index (κ3) is 3.96. The van der Waals surface area contributed by atoms with Crippen molar-refractivity contribution < 1.29 is 9.53 Å². The highest BCUT2D eigenvalue weighted by Crippen LogP contribution is 2.20. The quantitative estimate of drug-likeness (QED) is 0.767. The SMILES string of the molecule is Cc1cc(Cl)ccc1C(=O)N1CCC(OCCBr)CC1. The molecular formula is C15H19BrClNO2. The molecule has 20 heavy (non-hydrogen) atoms.